The number of benzene rings is 1. The van der Waals surface area contributed by atoms with Crippen molar-refractivity contribution in [3.8, 4) is 11.4 Å². The van der Waals surface area contributed by atoms with Crippen molar-refractivity contribution in [1.82, 2.24) is 19.9 Å². The lowest BCUT2D eigenvalue weighted by atomic mass is 10.0. The summed E-state index contributed by atoms with van der Waals surface area (Å²) in [5.74, 6) is 0.402. The highest BCUT2D eigenvalue weighted by Crippen LogP contribution is 2.43. The Kier molecular flexibility index (Phi) is 6.33. The molecule has 0 spiro atoms. The first-order chi connectivity index (χ1) is 17.4. The monoisotopic (exact) mass is 520 g/mol. The zero-order chi connectivity index (χ0) is 25.3. The van der Waals surface area contributed by atoms with Crippen molar-refractivity contribution in [2.75, 3.05) is 23.0 Å². The molecule has 184 valence electrons. The zero-order valence-corrected chi connectivity index (χ0v) is 21.2. The van der Waals surface area contributed by atoms with Crippen LogP contribution in [0.4, 0.5) is 11.4 Å². The first kappa shape index (κ1) is 23.8. The first-order valence-electron chi connectivity index (χ1n) is 11.1. The summed E-state index contributed by atoms with van der Waals surface area (Å²) in [7, 11) is -2.04. The second-order valence-corrected chi connectivity index (χ2v) is 10.4. The summed E-state index contributed by atoms with van der Waals surface area (Å²) >= 11 is 5.82. The average Bonchev–Trinajstić information content (AvgIpc) is 3.48. The van der Waals surface area contributed by atoms with Gasteiger partial charge in [-0.3, -0.25) is 14.7 Å². The van der Waals surface area contributed by atoms with Crippen molar-refractivity contribution in [2.24, 2.45) is 0 Å². The highest BCUT2D eigenvalue weighted by atomic mass is 32.2. The van der Waals surface area contributed by atoms with Crippen LogP contribution in [0.15, 0.2) is 85.5 Å². The van der Waals surface area contributed by atoms with Gasteiger partial charge in [0, 0.05) is 30.0 Å². The van der Waals surface area contributed by atoms with Crippen molar-refractivity contribution in [3.05, 3.63) is 96.8 Å². The molecule has 0 radical (unpaired) electrons. The maximum atomic E-state index is 12.0. The third kappa shape index (κ3) is 4.62. The van der Waals surface area contributed by atoms with Gasteiger partial charge in [-0.1, -0.05) is 6.07 Å². The van der Waals surface area contributed by atoms with Crippen LogP contribution in [0.25, 0.3) is 5.69 Å². The summed E-state index contributed by atoms with van der Waals surface area (Å²) in [5.41, 5.74) is 3.71. The van der Waals surface area contributed by atoms with Crippen LogP contribution in [0.5, 0.6) is 5.75 Å². The van der Waals surface area contributed by atoms with E-state index in [9.17, 15) is 8.42 Å². The van der Waals surface area contributed by atoms with Gasteiger partial charge in [-0.15, -0.1) is 0 Å². The van der Waals surface area contributed by atoms with Gasteiger partial charge in [-0.25, -0.2) is 8.42 Å². The van der Waals surface area contributed by atoms with E-state index in [4.69, 9.17) is 17.0 Å². The zero-order valence-electron chi connectivity index (χ0n) is 19.6. The van der Waals surface area contributed by atoms with Gasteiger partial charge in [0.15, 0.2) is 5.11 Å². The van der Waals surface area contributed by atoms with Crippen LogP contribution in [0.1, 0.15) is 23.5 Å². The Morgan fingerprint density at radius 1 is 1.06 bits per heavy atom. The molecule has 2 atom stereocenters. The van der Waals surface area contributed by atoms with Gasteiger partial charge < -0.3 is 19.5 Å². The van der Waals surface area contributed by atoms with E-state index < -0.39 is 10.0 Å². The van der Waals surface area contributed by atoms with Gasteiger partial charge in [-0.05, 0) is 66.8 Å². The molecule has 0 amide bonds. The Balaban J connectivity index is 1.67. The van der Waals surface area contributed by atoms with Crippen molar-refractivity contribution < 1.29 is 13.2 Å². The molecule has 36 heavy (non-hydrogen) atoms. The number of pyridine rings is 2. The number of sulfonamides is 1. The summed E-state index contributed by atoms with van der Waals surface area (Å²) < 4.78 is 34.0. The number of rotatable bonds is 7. The summed E-state index contributed by atoms with van der Waals surface area (Å²) in [6, 6.07) is 18.4. The number of ether oxygens (including phenoxy) is 1. The number of nitrogens with zero attached hydrogens (tertiary/aromatic N) is 4. The van der Waals surface area contributed by atoms with Crippen molar-refractivity contribution in [1.29, 1.82) is 0 Å². The first-order valence-corrected chi connectivity index (χ1v) is 13.4. The minimum Gasteiger partial charge on any atom is -0.495 e. The van der Waals surface area contributed by atoms with Gasteiger partial charge in [-0.2, -0.15) is 0 Å². The van der Waals surface area contributed by atoms with E-state index in [0.717, 1.165) is 23.3 Å². The third-order valence-electron chi connectivity index (χ3n) is 5.86. The molecule has 2 N–H and O–H groups in total. The maximum Gasteiger partial charge on any atom is 0.229 e. The smallest absolute Gasteiger partial charge is 0.229 e. The van der Waals surface area contributed by atoms with E-state index in [-0.39, 0.29) is 12.1 Å². The molecule has 1 aromatic carbocycles. The molecule has 0 saturated carbocycles. The number of methoxy groups -OCH3 is 1. The fourth-order valence-corrected chi connectivity index (χ4v) is 5.33. The number of nitrogens with one attached hydrogen (secondary N) is 2. The highest BCUT2D eigenvalue weighted by molar-refractivity contribution is 7.92. The standard InChI is InChI=1S/C25H24N6O3S2/c1-34-22-11-10-17(15-20(22)29-36(2,32)33)31-24(23(28-25(31)35)19-8-3-4-13-27-19)21-9-6-14-30(21)18-7-5-12-26-16-18/h3-16,23-24,29H,1-2H3,(H,28,35)/t23-,24+/m0/s1. The highest BCUT2D eigenvalue weighted by Gasteiger charge is 2.42. The Bertz CT molecular complexity index is 1490. The van der Waals surface area contributed by atoms with E-state index in [2.05, 4.69) is 24.6 Å². The number of thiocarbonyl (C=S) groups is 1. The molecule has 0 unspecified atom stereocenters. The lowest BCUT2D eigenvalue weighted by Gasteiger charge is -2.29. The van der Waals surface area contributed by atoms with E-state index in [1.165, 1.54) is 7.11 Å². The largest absolute Gasteiger partial charge is 0.495 e. The summed E-state index contributed by atoms with van der Waals surface area (Å²) in [5, 5.41) is 3.92. The van der Waals surface area contributed by atoms with Gasteiger partial charge in [0.25, 0.3) is 0 Å². The number of anilines is 2. The summed E-state index contributed by atoms with van der Waals surface area (Å²) in [6.45, 7) is 0. The Hall–Kier alpha value is -3.96. The molecule has 4 aromatic rings. The van der Waals surface area contributed by atoms with Crippen molar-refractivity contribution in [2.45, 2.75) is 12.1 Å². The predicted octanol–water partition coefficient (Wildman–Crippen LogP) is 3.82. The molecule has 1 aliphatic heterocycles. The predicted molar refractivity (Wildman–Crippen MR) is 143 cm³/mol. The topological polar surface area (TPSA) is 101 Å². The van der Waals surface area contributed by atoms with Crippen LogP contribution in [-0.2, 0) is 10.0 Å². The normalized spacial score (nSPS) is 17.6. The van der Waals surface area contributed by atoms with Gasteiger partial charge in [0.1, 0.15) is 11.8 Å². The molecule has 9 nitrogen and oxygen atoms in total. The molecule has 5 rings (SSSR count). The summed E-state index contributed by atoms with van der Waals surface area (Å²) in [6.07, 6.45) is 8.36. The molecule has 0 bridgehead atoms. The maximum absolute atomic E-state index is 12.0. The lowest BCUT2D eigenvalue weighted by Crippen LogP contribution is -2.30. The second kappa shape index (κ2) is 9.59. The van der Waals surface area contributed by atoms with Crippen LogP contribution in [0.3, 0.4) is 0 Å². The molecular formula is C25H24N6O3S2. The molecule has 4 heterocycles. The Labute approximate surface area is 214 Å². The van der Waals surface area contributed by atoms with Crippen LogP contribution < -0.4 is 19.7 Å². The minimum absolute atomic E-state index is 0.266. The minimum atomic E-state index is -3.53. The molecule has 11 heteroatoms. The average molecular weight is 521 g/mol. The molecule has 0 aliphatic carbocycles. The Morgan fingerprint density at radius 3 is 2.61 bits per heavy atom. The number of hydrogen-bond donors (Lipinski definition) is 2. The fourth-order valence-electron chi connectivity index (χ4n) is 4.43. The molecule has 3 aromatic heterocycles. The van der Waals surface area contributed by atoms with Gasteiger partial charge >= 0.3 is 0 Å². The Morgan fingerprint density at radius 2 is 1.92 bits per heavy atom. The van der Waals surface area contributed by atoms with E-state index >= 15 is 0 Å². The van der Waals surface area contributed by atoms with Gasteiger partial charge in [0.05, 0.1) is 42.7 Å². The molecular weight excluding hydrogens is 496 g/mol. The molecule has 1 fully saturated rings. The third-order valence-corrected chi connectivity index (χ3v) is 6.77. The van der Waals surface area contributed by atoms with Crippen molar-refractivity contribution >= 4 is 38.7 Å². The molecule has 1 aliphatic rings. The van der Waals surface area contributed by atoms with Gasteiger partial charge in [0.2, 0.25) is 10.0 Å². The number of aromatic nitrogens is 3. The van der Waals surface area contributed by atoms with Crippen LogP contribution in [0.2, 0.25) is 0 Å². The number of hydrogen-bond acceptors (Lipinski definition) is 6. The molecule has 1 saturated heterocycles. The van der Waals surface area contributed by atoms with Crippen LogP contribution in [-0.4, -0.2) is 41.4 Å². The van der Waals surface area contributed by atoms with Crippen LogP contribution in [0, 0.1) is 0 Å². The van der Waals surface area contributed by atoms with E-state index in [1.54, 1.807) is 30.7 Å². The lowest BCUT2D eigenvalue weighted by molar-refractivity contribution is 0.417. The summed E-state index contributed by atoms with van der Waals surface area (Å²) in [4.78, 5) is 10.8. The second-order valence-electron chi connectivity index (χ2n) is 8.27. The van der Waals surface area contributed by atoms with Crippen molar-refractivity contribution in [3.63, 3.8) is 0 Å². The SMILES string of the molecule is COc1ccc(N2C(=S)N[C@@H](c3ccccn3)[C@H]2c2cccn2-c2cccnc2)cc1NS(C)(=O)=O. The van der Waals surface area contributed by atoms with E-state index in [1.807, 2.05) is 59.6 Å². The van der Waals surface area contributed by atoms with Crippen LogP contribution >= 0.6 is 12.2 Å². The quantitative estimate of drug-likeness (QED) is 0.355. The van der Waals surface area contributed by atoms with E-state index in [0.29, 0.717) is 22.2 Å². The fraction of sp³-hybridized carbons (Fsp3) is 0.160.